The van der Waals surface area contributed by atoms with E-state index in [1.807, 2.05) is 7.05 Å². The summed E-state index contributed by atoms with van der Waals surface area (Å²) in [5.41, 5.74) is 5.57. The van der Waals surface area contributed by atoms with Crippen molar-refractivity contribution in [2.45, 2.75) is 32.7 Å². The van der Waals surface area contributed by atoms with Crippen molar-refractivity contribution in [1.82, 2.24) is 5.32 Å². The Morgan fingerprint density at radius 2 is 1.84 bits per heavy atom. The number of hydrogen-bond donors (Lipinski definition) is 1. The van der Waals surface area contributed by atoms with Gasteiger partial charge in [0.25, 0.3) is 0 Å². The van der Waals surface area contributed by atoms with Crippen LogP contribution in [-0.4, -0.2) is 7.05 Å². The van der Waals surface area contributed by atoms with Gasteiger partial charge in [-0.15, -0.1) is 0 Å². The van der Waals surface area contributed by atoms with Crippen molar-refractivity contribution >= 4 is 0 Å². The average molecular weight is 253 g/mol. The maximum Gasteiger partial charge on any atom is 0.0358 e. The van der Waals surface area contributed by atoms with E-state index in [4.69, 9.17) is 0 Å². The summed E-state index contributed by atoms with van der Waals surface area (Å²) in [6.07, 6.45) is 2.13. The van der Waals surface area contributed by atoms with Crippen molar-refractivity contribution in [3.63, 3.8) is 0 Å². The molecule has 2 aromatic rings. The Morgan fingerprint density at radius 1 is 1.05 bits per heavy atom. The molecule has 0 aliphatic carbocycles. The van der Waals surface area contributed by atoms with Crippen molar-refractivity contribution in [3.05, 3.63) is 70.8 Å². The highest BCUT2D eigenvalue weighted by Crippen LogP contribution is 2.21. The van der Waals surface area contributed by atoms with E-state index in [1.165, 1.54) is 22.3 Å². The summed E-state index contributed by atoms with van der Waals surface area (Å²) in [5.74, 6) is 0. The Bertz CT molecular complexity index is 531. The molecule has 2 aromatic carbocycles. The number of nitrogens with one attached hydrogen (secondary N) is 1. The predicted molar refractivity (Wildman–Crippen MR) is 82.5 cm³/mol. The van der Waals surface area contributed by atoms with Gasteiger partial charge in [-0.25, -0.2) is 0 Å². The Hall–Kier alpha value is -1.60. The zero-order valence-electron chi connectivity index (χ0n) is 12.1. The summed E-state index contributed by atoms with van der Waals surface area (Å²) in [6.45, 7) is 4.39. The van der Waals surface area contributed by atoms with Crippen LogP contribution in [0.25, 0.3) is 0 Å². The summed E-state index contributed by atoms with van der Waals surface area (Å²) in [4.78, 5) is 0. The van der Waals surface area contributed by atoms with Crippen LogP contribution < -0.4 is 5.32 Å². The van der Waals surface area contributed by atoms with Crippen LogP contribution in [0.3, 0.4) is 0 Å². The quantitative estimate of drug-likeness (QED) is 0.847. The highest BCUT2D eigenvalue weighted by Gasteiger charge is 2.11. The van der Waals surface area contributed by atoms with Gasteiger partial charge in [0.15, 0.2) is 0 Å². The lowest BCUT2D eigenvalue weighted by atomic mass is 9.95. The van der Waals surface area contributed by atoms with Gasteiger partial charge in [-0.2, -0.15) is 0 Å². The molecule has 1 N–H and O–H groups in total. The summed E-state index contributed by atoms with van der Waals surface area (Å²) < 4.78 is 0. The Labute approximate surface area is 116 Å². The van der Waals surface area contributed by atoms with Crippen molar-refractivity contribution in [2.75, 3.05) is 7.05 Å². The number of benzene rings is 2. The maximum atomic E-state index is 3.45. The second-order valence-electron chi connectivity index (χ2n) is 5.07. The molecule has 0 saturated carbocycles. The van der Waals surface area contributed by atoms with Crippen LogP contribution in [0, 0.1) is 6.92 Å². The first-order chi connectivity index (χ1) is 9.24. The SMILES string of the molecule is CCc1cccc(C(Cc2ccccc2C)NC)c1. The smallest absolute Gasteiger partial charge is 0.0358 e. The fourth-order valence-electron chi connectivity index (χ4n) is 2.48. The molecule has 0 aliphatic heterocycles. The first-order valence-corrected chi connectivity index (χ1v) is 7.05. The number of hydrogen-bond acceptors (Lipinski definition) is 1. The molecule has 0 bridgehead atoms. The van der Waals surface area contributed by atoms with Gasteiger partial charge in [0.1, 0.15) is 0 Å². The lowest BCUT2D eigenvalue weighted by molar-refractivity contribution is 0.590. The van der Waals surface area contributed by atoms with Gasteiger partial charge < -0.3 is 5.32 Å². The van der Waals surface area contributed by atoms with E-state index < -0.39 is 0 Å². The van der Waals surface area contributed by atoms with E-state index in [9.17, 15) is 0 Å². The number of likely N-dealkylation sites (N-methyl/N-ethyl adjacent to an activating group) is 1. The molecule has 0 saturated heterocycles. The molecule has 2 rings (SSSR count). The Kier molecular flexibility index (Phi) is 4.75. The van der Waals surface area contributed by atoms with Gasteiger partial charge >= 0.3 is 0 Å². The third-order valence-corrected chi connectivity index (χ3v) is 3.80. The van der Waals surface area contributed by atoms with Crippen molar-refractivity contribution in [1.29, 1.82) is 0 Å². The molecule has 0 spiro atoms. The van der Waals surface area contributed by atoms with Crippen molar-refractivity contribution < 1.29 is 0 Å². The van der Waals surface area contributed by atoms with Gasteiger partial charge in [-0.1, -0.05) is 55.5 Å². The van der Waals surface area contributed by atoms with E-state index in [1.54, 1.807) is 0 Å². The minimum atomic E-state index is 0.382. The minimum absolute atomic E-state index is 0.382. The summed E-state index contributed by atoms with van der Waals surface area (Å²) >= 11 is 0. The molecule has 0 amide bonds. The number of aryl methyl sites for hydroxylation is 2. The van der Waals surface area contributed by atoms with Gasteiger partial charge in [0.2, 0.25) is 0 Å². The normalized spacial score (nSPS) is 12.4. The fourth-order valence-corrected chi connectivity index (χ4v) is 2.48. The highest BCUT2D eigenvalue weighted by atomic mass is 14.9. The van der Waals surface area contributed by atoms with Crippen LogP contribution in [0.15, 0.2) is 48.5 Å². The topological polar surface area (TPSA) is 12.0 Å². The van der Waals surface area contributed by atoms with Gasteiger partial charge in [-0.3, -0.25) is 0 Å². The third kappa shape index (κ3) is 3.45. The van der Waals surface area contributed by atoms with E-state index in [0.29, 0.717) is 6.04 Å². The van der Waals surface area contributed by atoms with Crippen LogP contribution in [-0.2, 0) is 12.8 Å². The maximum absolute atomic E-state index is 3.45. The molecule has 0 aromatic heterocycles. The van der Waals surface area contributed by atoms with Crippen molar-refractivity contribution in [2.24, 2.45) is 0 Å². The van der Waals surface area contributed by atoms with E-state index >= 15 is 0 Å². The lowest BCUT2D eigenvalue weighted by Gasteiger charge is -2.18. The van der Waals surface area contributed by atoms with E-state index in [-0.39, 0.29) is 0 Å². The van der Waals surface area contributed by atoms with Crippen LogP contribution in [0.5, 0.6) is 0 Å². The molecule has 0 fully saturated rings. The second kappa shape index (κ2) is 6.53. The first kappa shape index (κ1) is 13.8. The predicted octanol–water partition coefficient (Wildman–Crippen LogP) is 4.06. The molecule has 0 heterocycles. The molecule has 1 atom stereocenters. The zero-order valence-corrected chi connectivity index (χ0v) is 12.1. The number of rotatable bonds is 5. The summed E-state index contributed by atoms with van der Waals surface area (Å²) in [5, 5.41) is 3.45. The largest absolute Gasteiger partial charge is 0.313 e. The molecule has 0 aliphatic rings. The van der Waals surface area contributed by atoms with E-state index in [0.717, 1.165) is 12.8 Å². The summed E-state index contributed by atoms with van der Waals surface area (Å²) in [6, 6.07) is 17.9. The Morgan fingerprint density at radius 3 is 2.53 bits per heavy atom. The van der Waals surface area contributed by atoms with Crippen LogP contribution in [0.2, 0.25) is 0 Å². The molecule has 0 radical (unpaired) electrons. The molecule has 1 unspecified atom stereocenters. The van der Waals surface area contributed by atoms with Crippen LogP contribution in [0.4, 0.5) is 0 Å². The highest BCUT2D eigenvalue weighted by molar-refractivity contribution is 5.31. The van der Waals surface area contributed by atoms with Crippen LogP contribution in [0.1, 0.15) is 35.2 Å². The van der Waals surface area contributed by atoms with Crippen LogP contribution >= 0.6 is 0 Å². The van der Waals surface area contributed by atoms with Crippen molar-refractivity contribution in [3.8, 4) is 0 Å². The molecule has 1 nitrogen and oxygen atoms in total. The van der Waals surface area contributed by atoms with Gasteiger partial charge in [0.05, 0.1) is 0 Å². The molecule has 19 heavy (non-hydrogen) atoms. The minimum Gasteiger partial charge on any atom is -0.313 e. The molecular weight excluding hydrogens is 230 g/mol. The monoisotopic (exact) mass is 253 g/mol. The standard InChI is InChI=1S/C18H23N/c1-4-15-9-7-11-17(12-15)18(19-3)13-16-10-6-5-8-14(16)2/h5-12,18-19H,4,13H2,1-3H3. The molecule has 100 valence electrons. The average Bonchev–Trinajstić information content (AvgIpc) is 2.46. The second-order valence-corrected chi connectivity index (χ2v) is 5.07. The fraction of sp³-hybridized carbons (Fsp3) is 0.333. The van der Waals surface area contributed by atoms with Gasteiger partial charge in [-0.05, 0) is 49.1 Å². The van der Waals surface area contributed by atoms with E-state index in [2.05, 4.69) is 67.7 Å². The Balaban J connectivity index is 2.22. The third-order valence-electron chi connectivity index (χ3n) is 3.80. The van der Waals surface area contributed by atoms with Gasteiger partial charge in [0, 0.05) is 6.04 Å². The molecular formula is C18H23N. The lowest BCUT2D eigenvalue weighted by Crippen LogP contribution is -2.19. The zero-order chi connectivity index (χ0) is 13.7. The first-order valence-electron chi connectivity index (χ1n) is 7.05. The summed E-state index contributed by atoms with van der Waals surface area (Å²) in [7, 11) is 2.04. The molecule has 1 heteroatoms.